The van der Waals surface area contributed by atoms with E-state index in [2.05, 4.69) is 0 Å². The Labute approximate surface area is 82.6 Å². The second-order valence-corrected chi connectivity index (χ2v) is 3.15. The number of carbonyl (C=O) groups excluding carboxylic acids is 1. The highest BCUT2D eigenvalue weighted by Gasteiger charge is 2.11. The van der Waals surface area contributed by atoms with Gasteiger partial charge in [0.25, 0.3) is 0 Å². The first kappa shape index (κ1) is 10.4. The van der Waals surface area contributed by atoms with Crippen LogP contribution in [0.2, 0.25) is 0 Å². The molecule has 0 fully saturated rings. The number of nitrogens with zero attached hydrogens (tertiary/aromatic N) is 1. The second-order valence-electron chi connectivity index (χ2n) is 3.15. The van der Waals surface area contributed by atoms with Gasteiger partial charge in [0.05, 0.1) is 18.2 Å². The highest BCUT2D eigenvalue weighted by atomic mass is 16.3. The van der Waals surface area contributed by atoms with Crippen LogP contribution in [0.5, 0.6) is 0 Å². The van der Waals surface area contributed by atoms with Crippen LogP contribution in [0.4, 0.5) is 0 Å². The lowest BCUT2D eigenvalue weighted by Gasteiger charge is -2.10. The van der Waals surface area contributed by atoms with Gasteiger partial charge in [-0.05, 0) is 36.6 Å². The largest absolute Gasteiger partial charge is 0.392 e. The summed E-state index contributed by atoms with van der Waals surface area (Å²) in [6.45, 7) is 3.30. The fraction of sp³-hybridized carbons (Fsp3) is 0.273. The van der Waals surface area contributed by atoms with Gasteiger partial charge in [0.1, 0.15) is 0 Å². The van der Waals surface area contributed by atoms with Gasteiger partial charge >= 0.3 is 0 Å². The van der Waals surface area contributed by atoms with Crippen LogP contribution in [0, 0.1) is 25.2 Å². The number of hydrogen-bond acceptors (Lipinski definition) is 3. The maximum atomic E-state index is 10.8. The van der Waals surface area contributed by atoms with Crippen LogP contribution < -0.4 is 0 Å². The summed E-state index contributed by atoms with van der Waals surface area (Å²) in [4.78, 5) is 10.8. The van der Waals surface area contributed by atoms with Crippen molar-refractivity contribution in [3.63, 3.8) is 0 Å². The van der Waals surface area contributed by atoms with Gasteiger partial charge in [-0.25, -0.2) is 0 Å². The Bertz CT molecular complexity index is 416. The average Bonchev–Trinajstić information content (AvgIpc) is 2.17. The molecule has 0 radical (unpaired) electrons. The van der Waals surface area contributed by atoms with Crippen molar-refractivity contribution in [1.29, 1.82) is 5.26 Å². The summed E-state index contributed by atoms with van der Waals surface area (Å²) in [5.74, 6) is 0. The van der Waals surface area contributed by atoms with Crippen molar-refractivity contribution in [3.8, 4) is 6.07 Å². The molecule has 0 aromatic heterocycles. The third kappa shape index (κ3) is 1.52. The highest BCUT2D eigenvalue weighted by molar-refractivity contribution is 5.81. The molecule has 0 bridgehead atoms. The maximum Gasteiger partial charge on any atom is 0.150 e. The number of carbonyl (C=O) groups is 1. The number of aryl methyl sites for hydroxylation is 1. The summed E-state index contributed by atoms with van der Waals surface area (Å²) >= 11 is 0. The fourth-order valence-electron chi connectivity index (χ4n) is 1.53. The van der Waals surface area contributed by atoms with E-state index in [0.717, 1.165) is 11.8 Å². The minimum atomic E-state index is -0.212. The van der Waals surface area contributed by atoms with Crippen LogP contribution in [0.1, 0.15) is 32.6 Å². The van der Waals surface area contributed by atoms with E-state index in [1.807, 2.05) is 6.07 Å². The Kier molecular flexibility index (Phi) is 3.00. The van der Waals surface area contributed by atoms with E-state index in [-0.39, 0.29) is 6.61 Å². The predicted octanol–water partition coefficient (Wildman–Crippen LogP) is 1.48. The third-order valence-electron chi connectivity index (χ3n) is 2.36. The minimum absolute atomic E-state index is 0.212. The van der Waals surface area contributed by atoms with E-state index in [1.54, 1.807) is 19.9 Å². The SMILES string of the molecule is Cc1cc(C#N)c(CO)c(C)c1C=O. The molecule has 0 amide bonds. The quantitative estimate of drug-likeness (QED) is 0.717. The van der Waals surface area contributed by atoms with Crippen LogP contribution in [0.3, 0.4) is 0 Å². The molecule has 3 heteroatoms. The number of aliphatic hydroxyl groups excluding tert-OH is 1. The molecule has 0 saturated heterocycles. The molecule has 0 unspecified atom stereocenters. The molecular weight excluding hydrogens is 178 g/mol. The number of nitriles is 1. The summed E-state index contributed by atoms with van der Waals surface area (Å²) < 4.78 is 0. The maximum absolute atomic E-state index is 10.8. The topological polar surface area (TPSA) is 61.1 Å². The summed E-state index contributed by atoms with van der Waals surface area (Å²) in [5.41, 5.74) is 3.01. The summed E-state index contributed by atoms with van der Waals surface area (Å²) in [6, 6.07) is 3.63. The van der Waals surface area contributed by atoms with Crippen molar-refractivity contribution >= 4 is 6.29 Å². The molecule has 1 aromatic rings. The van der Waals surface area contributed by atoms with Crippen molar-refractivity contribution in [1.82, 2.24) is 0 Å². The first-order chi connectivity index (χ1) is 6.65. The van der Waals surface area contributed by atoms with Crippen LogP contribution in [-0.4, -0.2) is 11.4 Å². The van der Waals surface area contributed by atoms with E-state index < -0.39 is 0 Å². The Hall–Kier alpha value is -1.66. The Morgan fingerprint density at radius 2 is 2.21 bits per heavy atom. The summed E-state index contributed by atoms with van der Waals surface area (Å²) in [5, 5.41) is 17.9. The number of aliphatic hydroxyl groups is 1. The molecule has 0 heterocycles. The molecule has 0 atom stereocenters. The second kappa shape index (κ2) is 4.03. The Morgan fingerprint density at radius 1 is 1.57 bits per heavy atom. The van der Waals surface area contributed by atoms with E-state index in [4.69, 9.17) is 10.4 Å². The molecule has 0 aliphatic heterocycles. The summed E-state index contributed by atoms with van der Waals surface area (Å²) in [7, 11) is 0. The van der Waals surface area contributed by atoms with Crippen molar-refractivity contribution in [2.45, 2.75) is 20.5 Å². The van der Waals surface area contributed by atoms with Gasteiger partial charge in [-0.1, -0.05) is 0 Å². The Morgan fingerprint density at radius 3 is 2.64 bits per heavy atom. The molecule has 0 spiro atoms. The summed E-state index contributed by atoms with van der Waals surface area (Å²) in [6.07, 6.45) is 0.755. The average molecular weight is 189 g/mol. The van der Waals surface area contributed by atoms with Crippen molar-refractivity contribution in [3.05, 3.63) is 33.9 Å². The normalized spacial score (nSPS) is 9.57. The van der Waals surface area contributed by atoms with Crippen LogP contribution >= 0.6 is 0 Å². The monoisotopic (exact) mass is 189 g/mol. The van der Waals surface area contributed by atoms with E-state index >= 15 is 0 Å². The van der Waals surface area contributed by atoms with Crippen molar-refractivity contribution in [2.75, 3.05) is 0 Å². The van der Waals surface area contributed by atoms with Gasteiger partial charge in [-0.3, -0.25) is 4.79 Å². The van der Waals surface area contributed by atoms with E-state index in [0.29, 0.717) is 22.3 Å². The van der Waals surface area contributed by atoms with Gasteiger partial charge < -0.3 is 5.11 Å². The van der Waals surface area contributed by atoms with Crippen molar-refractivity contribution < 1.29 is 9.90 Å². The Balaban J connectivity index is 3.57. The molecule has 1 aromatic carbocycles. The lowest BCUT2D eigenvalue weighted by molar-refractivity contribution is 0.112. The first-order valence-electron chi connectivity index (χ1n) is 4.25. The zero-order chi connectivity index (χ0) is 10.7. The number of rotatable bonds is 2. The standard InChI is InChI=1S/C11H11NO2/c1-7-3-9(4-12)11(6-14)8(2)10(7)5-13/h3,5,14H,6H2,1-2H3. The van der Waals surface area contributed by atoms with Crippen LogP contribution in [-0.2, 0) is 6.61 Å². The van der Waals surface area contributed by atoms with Crippen LogP contribution in [0.25, 0.3) is 0 Å². The molecule has 1 N–H and O–H groups in total. The van der Waals surface area contributed by atoms with Gasteiger partial charge in [0.2, 0.25) is 0 Å². The predicted molar refractivity (Wildman–Crippen MR) is 51.9 cm³/mol. The smallest absolute Gasteiger partial charge is 0.150 e. The van der Waals surface area contributed by atoms with Gasteiger partial charge in [0.15, 0.2) is 6.29 Å². The van der Waals surface area contributed by atoms with Crippen LogP contribution in [0.15, 0.2) is 6.07 Å². The zero-order valence-corrected chi connectivity index (χ0v) is 8.16. The minimum Gasteiger partial charge on any atom is -0.392 e. The molecule has 0 aliphatic rings. The van der Waals surface area contributed by atoms with Gasteiger partial charge in [-0.2, -0.15) is 5.26 Å². The highest BCUT2D eigenvalue weighted by Crippen LogP contribution is 2.20. The van der Waals surface area contributed by atoms with Gasteiger partial charge in [0, 0.05) is 5.56 Å². The number of aldehydes is 1. The lowest BCUT2D eigenvalue weighted by Crippen LogP contribution is -2.01. The molecule has 72 valence electrons. The molecule has 1 rings (SSSR count). The molecule has 0 saturated carbocycles. The van der Waals surface area contributed by atoms with E-state index in [9.17, 15) is 4.79 Å². The number of benzene rings is 1. The molecular formula is C11H11NO2. The van der Waals surface area contributed by atoms with E-state index in [1.165, 1.54) is 0 Å². The fourth-order valence-corrected chi connectivity index (χ4v) is 1.53. The lowest BCUT2D eigenvalue weighted by atomic mass is 9.94. The first-order valence-corrected chi connectivity index (χ1v) is 4.25. The van der Waals surface area contributed by atoms with Gasteiger partial charge in [-0.15, -0.1) is 0 Å². The van der Waals surface area contributed by atoms with Crippen molar-refractivity contribution in [2.24, 2.45) is 0 Å². The zero-order valence-electron chi connectivity index (χ0n) is 8.16. The molecule has 3 nitrogen and oxygen atoms in total. The third-order valence-corrected chi connectivity index (χ3v) is 2.36. The molecule has 14 heavy (non-hydrogen) atoms. The number of hydrogen-bond donors (Lipinski definition) is 1. The molecule has 0 aliphatic carbocycles.